The third-order valence-corrected chi connectivity index (χ3v) is 2.89. The van der Waals surface area contributed by atoms with Gasteiger partial charge in [0.05, 0.1) is 0 Å². The molecule has 0 aliphatic heterocycles. The van der Waals surface area contributed by atoms with Gasteiger partial charge < -0.3 is 15.7 Å². The fraction of sp³-hybridized carbons (Fsp3) is 0.786. The van der Waals surface area contributed by atoms with Crippen LogP contribution in [0.2, 0.25) is 0 Å². The van der Waals surface area contributed by atoms with E-state index in [9.17, 15) is 23.2 Å². The van der Waals surface area contributed by atoms with Gasteiger partial charge in [-0.3, -0.25) is 9.59 Å². The second kappa shape index (κ2) is 9.32. The van der Waals surface area contributed by atoms with E-state index in [2.05, 4.69) is 10.6 Å². The topological polar surface area (TPSA) is 95.5 Å². The molecular formula is C14H24F2N2O4. The molecule has 0 fully saturated rings. The number of halogens is 2. The lowest BCUT2D eigenvalue weighted by Crippen LogP contribution is -2.54. The third kappa shape index (κ3) is 7.90. The highest BCUT2D eigenvalue weighted by Gasteiger charge is 2.30. The van der Waals surface area contributed by atoms with Crippen molar-refractivity contribution in [2.45, 2.75) is 59.0 Å². The molecule has 0 saturated carbocycles. The maximum atomic E-state index is 12.3. The normalized spacial score (nSPS) is 14.0. The molecule has 0 aromatic carbocycles. The van der Waals surface area contributed by atoms with E-state index in [1.807, 2.05) is 13.8 Å². The van der Waals surface area contributed by atoms with Crippen molar-refractivity contribution in [3.05, 3.63) is 0 Å². The van der Waals surface area contributed by atoms with Crippen molar-refractivity contribution >= 4 is 17.8 Å². The summed E-state index contributed by atoms with van der Waals surface area (Å²) >= 11 is 0. The number of rotatable bonds is 9. The van der Waals surface area contributed by atoms with Crippen molar-refractivity contribution in [2.75, 3.05) is 0 Å². The molecule has 0 radical (unpaired) electrons. The minimum absolute atomic E-state index is 0.0986. The van der Waals surface area contributed by atoms with Crippen LogP contribution in [0.3, 0.4) is 0 Å². The van der Waals surface area contributed by atoms with Crippen molar-refractivity contribution in [2.24, 2.45) is 11.8 Å². The zero-order valence-corrected chi connectivity index (χ0v) is 13.2. The van der Waals surface area contributed by atoms with Gasteiger partial charge in [0.2, 0.25) is 18.2 Å². The summed E-state index contributed by atoms with van der Waals surface area (Å²) in [6, 6.07) is -2.65. The summed E-state index contributed by atoms with van der Waals surface area (Å²) in [6.07, 6.45) is -3.61. The number of hydrogen-bond acceptors (Lipinski definition) is 3. The quantitative estimate of drug-likeness (QED) is 0.598. The molecule has 128 valence electrons. The van der Waals surface area contributed by atoms with Crippen molar-refractivity contribution in [1.82, 2.24) is 10.6 Å². The van der Waals surface area contributed by atoms with E-state index in [0.29, 0.717) is 0 Å². The lowest BCUT2D eigenvalue weighted by Gasteiger charge is -2.24. The van der Waals surface area contributed by atoms with E-state index < -0.39 is 36.8 Å². The van der Waals surface area contributed by atoms with Crippen molar-refractivity contribution in [1.29, 1.82) is 0 Å². The van der Waals surface area contributed by atoms with Gasteiger partial charge in [-0.2, -0.15) is 0 Å². The summed E-state index contributed by atoms with van der Waals surface area (Å²) in [4.78, 5) is 34.7. The average Bonchev–Trinajstić information content (AvgIpc) is 2.32. The number of hydrogen-bond donors (Lipinski definition) is 3. The second-order valence-corrected chi connectivity index (χ2v) is 5.91. The molecule has 2 amide bonds. The number of carboxylic acids is 1. The van der Waals surface area contributed by atoms with Crippen LogP contribution in [-0.2, 0) is 14.4 Å². The lowest BCUT2D eigenvalue weighted by molar-refractivity contribution is -0.143. The van der Waals surface area contributed by atoms with Crippen molar-refractivity contribution in [3.8, 4) is 0 Å². The van der Waals surface area contributed by atoms with Crippen LogP contribution in [0, 0.1) is 11.8 Å². The lowest BCUT2D eigenvalue weighted by atomic mass is 10.0. The molecular weight excluding hydrogens is 298 g/mol. The van der Waals surface area contributed by atoms with Gasteiger partial charge in [0.25, 0.3) is 0 Å². The second-order valence-electron chi connectivity index (χ2n) is 5.91. The standard InChI is InChI=1S/C14H24F2N2O4/c1-7(2)5-11(19)18-12(8(3)4)13(20)17-9(14(21)22)6-10(15)16/h7-10,12H,5-6H2,1-4H3,(H,17,20)(H,18,19)(H,21,22). The Morgan fingerprint density at radius 1 is 1.05 bits per heavy atom. The zero-order valence-electron chi connectivity index (χ0n) is 13.2. The molecule has 22 heavy (non-hydrogen) atoms. The molecule has 0 rings (SSSR count). The van der Waals surface area contributed by atoms with Crippen LogP contribution in [0.25, 0.3) is 0 Å². The van der Waals surface area contributed by atoms with Crippen molar-refractivity contribution in [3.63, 3.8) is 0 Å². The van der Waals surface area contributed by atoms with E-state index >= 15 is 0 Å². The molecule has 2 atom stereocenters. The summed E-state index contributed by atoms with van der Waals surface area (Å²) in [5, 5.41) is 13.4. The van der Waals surface area contributed by atoms with Gasteiger partial charge in [0.15, 0.2) is 0 Å². The van der Waals surface area contributed by atoms with Gasteiger partial charge in [-0.25, -0.2) is 13.6 Å². The maximum absolute atomic E-state index is 12.3. The highest BCUT2D eigenvalue weighted by atomic mass is 19.3. The van der Waals surface area contributed by atoms with Crippen LogP contribution >= 0.6 is 0 Å². The first kappa shape index (κ1) is 20.3. The van der Waals surface area contributed by atoms with Crippen LogP contribution in [0.1, 0.15) is 40.5 Å². The van der Waals surface area contributed by atoms with Crippen LogP contribution in [0.15, 0.2) is 0 Å². The monoisotopic (exact) mass is 322 g/mol. The molecule has 0 saturated heterocycles. The van der Waals surface area contributed by atoms with Crippen LogP contribution in [0.4, 0.5) is 8.78 Å². The minimum atomic E-state index is -2.85. The molecule has 0 bridgehead atoms. The molecule has 0 aliphatic carbocycles. The maximum Gasteiger partial charge on any atom is 0.326 e. The Morgan fingerprint density at radius 3 is 1.95 bits per heavy atom. The molecule has 0 aromatic heterocycles. The number of aliphatic carboxylic acids is 1. The smallest absolute Gasteiger partial charge is 0.326 e. The molecule has 6 nitrogen and oxygen atoms in total. The van der Waals surface area contributed by atoms with Gasteiger partial charge in [-0.05, 0) is 11.8 Å². The summed E-state index contributed by atoms with van der Waals surface area (Å²) in [6.45, 7) is 7.02. The third-order valence-electron chi connectivity index (χ3n) is 2.89. The Hall–Kier alpha value is -1.73. The van der Waals surface area contributed by atoms with E-state index in [0.717, 1.165) is 0 Å². The Labute approximate surface area is 128 Å². The average molecular weight is 322 g/mol. The van der Waals surface area contributed by atoms with Crippen LogP contribution in [0.5, 0.6) is 0 Å². The first-order chi connectivity index (χ1) is 10.0. The van der Waals surface area contributed by atoms with E-state index in [1.54, 1.807) is 13.8 Å². The molecule has 0 aliphatic rings. The molecule has 2 unspecified atom stereocenters. The molecule has 0 heterocycles. The number of carboxylic acid groups (broad SMARTS) is 1. The van der Waals surface area contributed by atoms with Gasteiger partial charge in [0, 0.05) is 12.8 Å². The first-order valence-corrected chi connectivity index (χ1v) is 7.15. The van der Waals surface area contributed by atoms with Crippen LogP contribution < -0.4 is 10.6 Å². The predicted molar refractivity (Wildman–Crippen MR) is 76.4 cm³/mol. The van der Waals surface area contributed by atoms with Gasteiger partial charge in [-0.1, -0.05) is 27.7 Å². The highest BCUT2D eigenvalue weighted by molar-refractivity contribution is 5.90. The van der Waals surface area contributed by atoms with Crippen LogP contribution in [-0.4, -0.2) is 41.4 Å². The fourth-order valence-electron chi connectivity index (χ4n) is 1.80. The Kier molecular flexibility index (Phi) is 8.59. The van der Waals surface area contributed by atoms with Gasteiger partial charge in [0.1, 0.15) is 12.1 Å². The number of carbonyl (C=O) groups is 3. The SMILES string of the molecule is CC(C)CC(=O)NC(C(=O)NC(CC(F)F)C(=O)O)C(C)C. The van der Waals surface area contributed by atoms with Gasteiger partial charge >= 0.3 is 5.97 Å². The number of carbonyl (C=O) groups excluding carboxylic acids is 2. The minimum Gasteiger partial charge on any atom is -0.480 e. The predicted octanol–water partition coefficient (Wildman–Crippen LogP) is 1.40. The molecule has 3 N–H and O–H groups in total. The molecule has 0 spiro atoms. The Morgan fingerprint density at radius 2 is 1.59 bits per heavy atom. The first-order valence-electron chi connectivity index (χ1n) is 7.15. The van der Waals surface area contributed by atoms with Crippen molar-refractivity contribution < 1.29 is 28.3 Å². The summed E-state index contributed by atoms with van der Waals surface area (Å²) in [5.41, 5.74) is 0. The largest absolute Gasteiger partial charge is 0.480 e. The molecule has 0 aromatic rings. The number of amides is 2. The van der Waals surface area contributed by atoms with E-state index in [4.69, 9.17) is 5.11 Å². The number of alkyl halides is 2. The Balaban J connectivity index is 4.84. The fourth-order valence-corrected chi connectivity index (χ4v) is 1.80. The zero-order chi connectivity index (χ0) is 17.4. The summed E-state index contributed by atoms with van der Waals surface area (Å²) in [5.74, 6) is -2.87. The highest BCUT2D eigenvalue weighted by Crippen LogP contribution is 2.08. The van der Waals surface area contributed by atoms with E-state index in [1.165, 1.54) is 0 Å². The van der Waals surface area contributed by atoms with E-state index in [-0.39, 0.29) is 24.2 Å². The number of nitrogens with one attached hydrogen (secondary N) is 2. The van der Waals surface area contributed by atoms with Gasteiger partial charge in [-0.15, -0.1) is 0 Å². The summed E-state index contributed by atoms with van der Waals surface area (Å²) in [7, 11) is 0. The summed E-state index contributed by atoms with van der Waals surface area (Å²) < 4.78 is 24.6. The Bertz CT molecular complexity index is 400. The molecule has 8 heteroatoms.